The van der Waals surface area contributed by atoms with E-state index >= 15 is 0 Å². The van der Waals surface area contributed by atoms with Crippen LogP contribution in [0.5, 0.6) is 0 Å². The molecule has 0 radical (unpaired) electrons. The highest BCUT2D eigenvalue weighted by atomic mass is 16.5. The second-order valence-electron chi connectivity index (χ2n) is 5.94. The molecule has 3 rings (SSSR count). The zero-order valence-electron chi connectivity index (χ0n) is 14.3. The summed E-state index contributed by atoms with van der Waals surface area (Å²) in [6, 6.07) is 16.2. The number of nitrogens with one attached hydrogen (secondary N) is 1. The summed E-state index contributed by atoms with van der Waals surface area (Å²) in [5.74, 6) is -0.569. The van der Waals surface area contributed by atoms with Crippen LogP contribution in [-0.2, 0) is 11.3 Å². The second-order valence-corrected chi connectivity index (χ2v) is 5.94. The first-order chi connectivity index (χ1) is 12.7. The molecule has 1 saturated heterocycles. The molecular formula is C19H21N3O4. The highest BCUT2D eigenvalue weighted by Gasteiger charge is 2.24. The van der Waals surface area contributed by atoms with Gasteiger partial charge in [-0.2, -0.15) is 0 Å². The molecule has 7 nitrogen and oxygen atoms in total. The molecule has 2 N–H and O–H groups in total. The molecule has 0 unspecified atom stereocenters. The summed E-state index contributed by atoms with van der Waals surface area (Å²) < 4.78 is 5.33. The second kappa shape index (κ2) is 8.46. The Morgan fingerprint density at radius 2 is 1.69 bits per heavy atom. The summed E-state index contributed by atoms with van der Waals surface area (Å²) in [4.78, 5) is 28.0. The normalized spacial score (nSPS) is 14.0. The van der Waals surface area contributed by atoms with Gasteiger partial charge < -0.3 is 9.64 Å². The molecule has 0 spiro atoms. The Labute approximate surface area is 151 Å². The Hall–Kier alpha value is -2.90. The molecule has 0 aromatic heterocycles. The minimum atomic E-state index is -0.569. The molecule has 1 aliphatic rings. The predicted octanol–water partition coefficient (Wildman–Crippen LogP) is 2.26. The number of amides is 3. The van der Waals surface area contributed by atoms with Gasteiger partial charge in [0.1, 0.15) is 0 Å². The number of carbonyl (C=O) groups excluding carboxylic acids is 2. The number of rotatable bonds is 4. The lowest BCUT2D eigenvalue weighted by molar-refractivity contribution is 0.0548. The van der Waals surface area contributed by atoms with E-state index in [4.69, 9.17) is 9.94 Å². The predicted molar refractivity (Wildman–Crippen MR) is 96.1 cm³/mol. The number of urea groups is 1. The molecule has 3 amide bonds. The van der Waals surface area contributed by atoms with E-state index in [0.29, 0.717) is 38.4 Å². The minimum absolute atomic E-state index is 0.0725. The highest BCUT2D eigenvalue weighted by molar-refractivity contribution is 5.93. The molecular weight excluding hydrogens is 334 g/mol. The Balaban J connectivity index is 1.81. The van der Waals surface area contributed by atoms with Gasteiger partial charge in [-0.25, -0.2) is 10.3 Å². The van der Waals surface area contributed by atoms with Crippen molar-refractivity contribution in [3.63, 3.8) is 0 Å². The van der Waals surface area contributed by atoms with Crippen LogP contribution in [0.15, 0.2) is 54.6 Å². The topological polar surface area (TPSA) is 82.1 Å². The molecule has 1 fully saturated rings. The number of carbonyl (C=O) groups is 2. The molecule has 2 aromatic rings. The van der Waals surface area contributed by atoms with Gasteiger partial charge in [-0.3, -0.25) is 14.9 Å². The quantitative estimate of drug-likeness (QED) is 0.651. The van der Waals surface area contributed by atoms with E-state index < -0.39 is 5.91 Å². The van der Waals surface area contributed by atoms with Crippen molar-refractivity contribution in [1.82, 2.24) is 10.4 Å². The lowest BCUT2D eigenvalue weighted by Crippen LogP contribution is -2.48. The van der Waals surface area contributed by atoms with E-state index in [-0.39, 0.29) is 6.03 Å². The van der Waals surface area contributed by atoms with Gasteiger partial charge in [-0.15, -0.1) is 0 Å². The van der Waals surface area contributed by atoms with E-state index in [1.54, 1.807) is 39.5 Å². The largest absolute Gasteiger partial charge is 0.378 e. The zero-order valence-corrected chi connectivity index (χ0v) is 14.3. The van der Waals surface area contributed by atoms with Crippen molar-refractivity contribution in [2.75, 3.05) is 31.2 Å². The van der Waals surface area contributed by atoms with Crippen molar-refractivity contribution >= 4 is 17.6 Å². The summed E-state index contributed by atoms with van der Waals surface area (Å²) in [5.41, 5.74) is 3.64. The molecule has 1 aliphatic heterocycles. The molecule has 0 aliphatic carbocycles. The van der Waals surface area contributed by atoms with E-state index in [1.807, 2.05) is 30.3 Å². The van der Waals surface area contributed by atoms with Crippen LogP contribution in [0, 0.1) is 0 Å². The maximum absolute atomic E-state index is 13.0. The number of ether oxygens (including phenoxy) is 1. The van der Waals surface area contributed by atoms with Gasteiger partial charge in [0.25, 0.3) is 5.91 Å². The number of morpholine rings is 1. The number of anilines is 1. The zero-order chi connectivity index (χ0) is 18.4. The van der Waals surface area contributed by atoms with Crippen LogP contribution in [0.3, 0.4) is 0 Å². The van der Waals surface area contributed by atoms with Gasteiger partial charge in [0, 0.05) is 24.3 Å². The summed E-state index contributed by atoms with van der Waals surface area (Å²) >= 11 is 0. The van der Waals surface area contributed by atoms with Crippen LogP contribution in [0.4, 0.5) is 10.5 Å². The number of para-hydroxylation sites is 1. The third kappa shape index (κ3) is 4.19. The fraction of sp³-hybridized carbons (Fsp3) is 0.263. The van der Waals surface area contributed by atoms with Crippen LogP contribution in [-0.4, -0.2) is 48.3 Å². The average Bonchev–Trinajstić information content (AvgIpc) is 2.72. The monoisotopic (exact) mass is 355 g/mol. The fourth-order valence-electron chi connectivity index (χ4n) is 2.81. The number of hydrogen-bond donors (Lipinski definition) is 2. The summed E-state index contributed by atoms with van der Waals surface area (Å²) in [6.07, 6.45) is 0. The van der Waals surface area contributed by atoms with Crippen molar-refractivity contribution in [2.45, 2.75) is 6.54 Å². The number of hydrogen-bond acceptors (Lipinski definition) is 4. The third-order valence-electron chi connectivity index (χ3n) is 4.24. The van der Waals surface area contributed by atoms with Crippen molar-refractivity contribution in [3.8, 4) is 0 Å². The SMILES string of the molecule is O=C(NO)c1ccc(CN(C(=O)N2CCOCC2)c2ccccc2)cc1. The van der Waals surface area contributed by atoms with E-state index in [9.17, 15) is 9.59 Å². The Morgan fingerprint density at radius 1 is 1.04 bits per heavy atom. The van der Waals surface area contributed by atoms with Crippen molar-refractivity contribution in [2.24, 2.45) is 0 Å². The van der Waals surface area contributed by atoms with Gasteiger partial charge in [0.05, 0.1) is 19.8 Å². The van der Waals surface area contributed by atoms with E-state index in [0.717, 1.165) is 11.3 Å². The summed E-state index contributed by atoms with van der Waals surface area (Å²) in [7, 11) is 0. The lowest BCUT2D eigenvalue weighted by Gasteiger charge is -2.33. The van der Waals surface area contributed by atoms with Crippen molar-refractivity contribution in [1.29, 1.82) is 0 Å². The standard InChI is InChI=1S/C19H21N3O4/c23-18(20-25)16-8-6-15(7-9-16)14-22(17-4-2-1-3-5-17)19(24)21-10-12-26-13-11-21/h1-9,25H,10-14H2,(H,20,23). The molecule has 0 atom stereocenters. The van der Waals surface area contributed by atoms with Crippen LogP contribution in [0.25, 0.3) is 0 Å². The van der Waals surface area contributed by atoms with Gasteiger partial charge in [0.15, 0.2) is 0 Å². The average molecular weight is 355 g/mol. The molecule has 136 valence electrons. The Bertz CT molecular complexity index is 743. The fourth-order valence-corrected chi connectivity index (χ4v) is 2.81. The maximum atomic E-state index is 13.0. The van der Waals surface area contributed by atoms with Crippen LogP contribution < -0.4 is 10.4 Å². The van der Waals surface area contributed by atoms with Crippen LogP contribution in [0.2, 0.25) is 0 Å². The molecule has 26 heavy (non-hydrogen) atoms. The third-order valence-corrected chi connectivity index (χ3v) is 4.24. The summed E-state index contributed by atoms with van der Waals surface area (Å²) in [5, 5.41) is 8.70. The number of hydroxylamine groups is 1. The molecule has 2 aromatic carbocycles. The molecule has 0 bridgehead atoms. The first-order valence-corrected chi connectivity index (χ1v) is 8.41. The molecule has 1 heterocycles. The van der Waals surface area contributed by atoms with Crippen molar-refractivity contribution < 1.29 is 19.5 Å². The minimum Gasteiger partial charge on any atom is -0.378 e. The Morgan fingerprint density at radius 3 is 2.31 bits per heavy atom. The van der Waals surface area contributed by atoms with Crippen molar-refractivity contribution in [3.05, 3.63) is 65.7 Å². The van der Waals surface area contributed by atoms with Gasteiger partial charge in [0.2, 0.25) is 0 Å². The van der Waals surface area contributed by atoms with Crippen LogP contribution >= 0.6 is 0 Å². The number of nitrogens with zero attached hydrogens (tertiary/aromatic N) is 2. The molecule has 7 heteroatoms. The first-order valence-electron chi connectivity index (χ1n) is 8.41. The lowest BCUT2D eigenvalue weighted by atomic mass is 10.1. The maximum Gasteiger partial charge on any atom is 0.324 e. The van der Waals surface area contributed by atoms with E-state index in [2.05, 4.69) is 0 Å². The van der Waals surface area contributed by atoms with Crippen LogP contribution in [0.1, 0.15) is 15.9 Å². The molecule has 0 saturated carbocycles. The number of benzene rings is 2. The van der Waals surface area contributed by atoms with Gasteiger partial charge in [-0.1, -0.05) is 30.3 Å². The van der Waals surface area contributed by atoms with Gasteiger partial charge in [-0.05, 0) is 29.8 Å². The Kier molecular flexibility index (Phi) is 5.83. The van der Waals surface area contributed by atoms with E-state index in [1.165, 1.54) is 0 Å². The first kappa shape index (κ1) is 17.9. The highest BCUT2D eigenvalue weighted by Crippen LogP contribution is 2.20. The smallest absolute Gasteiger partial charge is 0.324 e. The summed E-state index contributed by atoms with van der Waals surface area (Å²) in [6.45, 7) is 2.59. The van der Waals surface area contributed by atoms with Gasteiger partial charge >= 0.3 is 6.03 Å².